The summed E-state index contributed by atoms with van der Waals surface area (Å²) in [5, 5.41) is 15.5. The highest BCUT2D eigenvalue weighted by atomic mass is 16.3. The Morgan fingerprint density at radius 1 is 1.32 bits per heavy atom. The van der Waals surface area contributed by atoms with Gasteiger partial charge in [-0.25, -0.2) is 4.79 Å². The van der Waals surface area contributed by atoms with Crippen molar-refractivity contribution in [1.29, 1.82) is 0 Å². The number of aliphatic hydroxyl groups is 1. The Hall–Kier alpha value is -1.55. The molecule has 2 amide bonds. The molecule has 4 heteroatoms. The van der Waals surface area contributed by atoms with Crippen molar-refractivity contribution in [3.63, 3.8) is 0 Å². The van der Waals surface area contributed by atoms with Gasteiger partial charge in [0.2, 0.25) is 0 Å². The SMILES string of the molecule is CC[C@@H](Cc1ccc(C)cc1)NC(=O)NC[C@H]1CC[C@@H](O)C1. The maximum absolute atomic E-state index is 12.0. The Morgan fingerprint density at radius 2 is 2.05 bits per heavy atom. The third-order valence-electron chi connectivity index (χ3n) is 4.50. The molecule has 0 spiro atoms. The van der Waals surface area contributed by atoms with Gasteiger partial charge in [0, 0.05) is 12.6 Å². The molecule has 1 saturated carbocycles. The summed E-state index contributed by atoms with van der Waals surface area (Å²) >= 11 is 0. The van der Waals surface area contributed by atoms with E-state index in [1.165, 1.54) is 11.1 Å². The third kappa shape index (κ3) is 5.34. The molecule has 2 rings (SSSR count). The fraction of sp³-hybridized carbons (Fsp3) is 0.611. The molecular weight excluding hydrogens is 276 g/mol. The molecule has 1 aliphatic rings. The van der Waals surface area contributed by atoms with Gasteiger partial charge in [-0.1, -0.05) is 36.8 Å². The van der Waals surface area contributed by atoms with Gasteiger partial charge in [-0.2, -0.15) is 0 Å². The van der Waals surface area contributed by atoms with Gasteiger partial charge in [-0.3, -0.25) is 0 Å². The largest absolute Gasteiger partial charge is 0.393 e. The normalized spacial score (nSPS) is 22.3. The summed E-state index contributed by atoms with van der Waals surface area (Å²) in [6, 6.07) is 8.51. The van der Waals surface area contributed by atoms with Crippen LogP contribution in [0.4, 0.5) is 4.79 Å². The number of aryl methyl sites for hydroxylation is 1. The highest BCUT2D eigenvalue weighted by Crippen LogP contribution is 2.24. The fourth-order valence-electron chi connectivity index (χ4n) is 3.01. The van der Waals surface area contributed by atoms with Crippen LogP contribution in [0.1, 0.15) is 43.7 Å². The number of aliphatic hydroxyl groups excluding tert-OH is 1. The third-order valence-corrected chi connectivity index (χ3v) is 4.50. The Bertz CT molecular complexity index is 472. The first-order chi connectivity index (χ1) is 10.6. The minimum atomic E-state index is -0.181. The number of amides is 2. The van der Waals surface area contributed by atoms with Crippen LogP contribution in [0.3, 0.4) is 0 Å². The minimum Gasteiger partial charge on any atom is -0.393 e. The van der Waals surface area contributed by atoms with Crippen molar-refractivity contribution in [2.75, 3.05) is 6.54 Å². The second-order valence-corrected chi connectivity index (χ2v) is 6.48. The van der Waals surface area contributed by atoms with Crippen LogP contribution in [-0.4, -0.2) is 29.8 Å². The average Bonchev–Trinajstić information content (AvgIpc) is 2.92. The zero-order valence-electron chi connectivity index (χ0n) is 13.6. The number of nitrogens with one attached hydrogen (secondary N) is 2. The number of carbonyl (C=O) groups excluding carboxylic acids is 1. The molecule has 0 radical (unpaired) electrons. The highest BCUT2D eigenvalue weighted by molar-refractivity contribution is 5.74. The molecule has 0 aromatic heterocycles. The lowest BCUT2D eigenvalue weighted by atomic mass is 10.0. The fourth-order valence-corrected chi connectivity index (χ4v) is 3.01. The molecule has 0 heterocycles. The van der Waals surface area contributed by atoms with Crippen molar-refractivity contribution in [1.82, 2.24) is 10.6 Å². The first-order valence-electron chi connectivity index (χ1n) is 8.34. The van der Waals surface area contributed by atoms with Crippen molar-refractivity contribution in [2.24, 2.45) is 5.92 Å². The minimum absolute atomic E-state index is 0.0969. The van der Waals surface area contributed by atoms with E-state index >= 15 is 0 Å². The van der Waals surface area contributed by atoms with Crippen LogP contribution < -0.4 is 10.6 Å². The lowest BCUT2D eigenvalue weighted by molar-refractivity contribution is 0.177. The summed E-state index contributed by atoms with van der Waals surface area (Å²) in [7, 11) is 0. The van der Waals surface area contributed by atoms with Crippen LogP contribution in [0.5, 0.6) is 0 Å². The number of urea groups is 1. The van der Waals surface area contributed by atoms with Crippen molar-refractivity contribution in [2.45, 2.75) is 58.1 Å². The van der Waals surface area contributed by atoms with E-state index in [0.717, 1.165) is 32.1 Å². The Kier molecular flexibility index (Phi) is 6.25. The summed E-state index contributed by atoms with van der Waals surface area (Å²) < 4.78 is 0. The summed E-state index contributed by atoms with van der Waals surface area (Å²) in [6.45, 7) is 4.82. The molecule has 4 nitrogen and oxygen atoms in total. The van der Waals surface area contributed by atoms with Crippen LogP contribution in [0.25, 0.3) is 0 Å². The van der Waals surface area contributed by atoms with E-state index in [4.69, 9.17) is 0 Å². The van der Waals surface area contributed by atoms with Gasteiger partial charge in [0.05, 0.1) is 6.10 Å². The van der Waals surface area contributed by atoms with Crippen LogP contribution in [0.2, 0.25) is 0 Å². The lowest BCUT2D eigenvalue weighted by Gasteiger charge is -2.19. The zero-order valence-corrected chi connectivity index (χ0v) is 13.6. The van der Waals surface area contributed by atoms with E-state index in [-0.39, 0.29) is 18.2 Å². The molecular formula is C18H28N2O2. The second kappa shape index (κ2) is 8.18. The molecule has 3 N–H and O–H groups in total. The molecule has 0 aliphatic heterocycles. The van der Waals surface area contributed by atoms with E-state index in [0.29, 0.717) is 12.5 Å². The van der Waals surface area contributed by atoms with E-state index in [2.05, 4.69) is 48.7 Å². The lowest BCUT2D eigenvalue weighted by Crippen LogP contribution is -2.44. The van der Waals surface area contributed by atoms with Crippen LogP contribution >= 0.6 is 0 Å². The van der Waals surface area contributed by atoms with Crippen molar-refractivity contribution < 1.29 is 9.90 Å². The van der Waals surface area contributed by atoms with Crippen LogP contribution in [0, 0.1) is 12.8 Å². The van der Waals surface area contributed by atoms with Gasteiger partial charge >= 0.3 is 6.03 Å². The summed E-state index contributed by atoms with van der Waals surface area (Å²) in [4.78, 5) is 12.0. The topological polar surface area (TPSA) is 61.4 Å². The molecule has 122 valence electrons. The average molecular weight is 304 g/mol. The van der Waals surface area contributed by atoms with Crippen molar-refractivity contribution >= 4 is 6.03 Å². The molecule has 22 heavy (non-hydrogen) atoms. The van der Waals surface area contributed by atoms with Crippen LogP contribution in [-0.2, 0) is 6.42 Å². The van der Waals surface area contributed by atoms with Gasteiger partial charge in [-0.05, 0) is 50.5 Å². The number of hydrogen-bond donors (Lipinski definition) is 3. The number of rotatable bonds is 6. The van der Waals surface area contributed by atoms with Crippen molar-refractivity contribution in [3.05, 3.63) is 35.4 Å². The number of hydrogen-bond acceptors (Lipinski definition) is 2. The molecule has 1 fully saturated rings. The van der Waals surface area contributed by atoms with E-state index in [1.54, 1.807) is 0 Å². The molecule has 3 atom stereocenters. The highest BCUT2D eigenvalue weighted by Gasteiger charge is 2.23. The predicted octanol–water partition coefficient (Wildman–Crippen LogP) is 2.78. The molecule has 1 aliphatic carbocycles. The Labute approximate surface area is 133 Å². The molecule has 1 aromatic carbocycles. The maximum Gasteiger partial charge on any atom is 0.315 e. The molecule has 1 aromatic rings. The van der Waals surface area contributed by atoms with E-state index in [1.807, 2.05) is 0 Å². The summed E-state index contributed by atoms with van der Waals surface area (Å²) in [6.07, 6.45) is 4.25. The van der Waals surface area contributed by atoms with E-state index < -0.39 is 0 Å². The second-order valence-electron chi connectivity index (χ2n) is 6.48. The smallest absolute Gasteiger partial charge is 0.315 e. The van der Waals surface area contributed by atoms with Crippen LogP contribution in [0.15, 0.2) is 24.3 Å². The predicted molar refractivity (Wildman–Crippen MR) is 88.8 cm³/mol. The van der Waals surface area contributed by atoms with Gasteiger partial charge in [-0.15, -0.1) is 0 Å². The number of benzene rings is 1. The van der Waals surface area contributed by atoms with Crippen molar-refractivity contribution in [3.8, 4) is 0 Å². The van der Waals surface area contributed by atoms with E-state index in [9.17, 15) is 9.90 Å². The monoisotopic (exact) mass is 304 g/mol. The number of carbonyl (C=O) groups is 1. The quantitative estimate of drug-likeness (QED) is 0.757. The summed E-state index contributed by atoms with van der Waals surface area (Å²) in [5.41, 5.74) is 2.50. The maximum atomic E-state index is 12.0. The standard InChI is InChI=1S/C18H28N2O2/c1-3-16(10-14-6-4-13(2)5-7-14)20-18(22)19-12-15-8-9-17(21)11-15/h4-7,15-17,21H,3,8-12H2,1-2H3,(H2,19,20,22)/t15-,16-,17+/m0/s1. The van der Waals surface area contributed by atoms with Gasteiger partial charge in [0.15, 0.2) is 0 Å². The molecule has 0 unspecified atom stereocenters. The Balaban J connectivity index is 1.74. The van der Waals surface area contributed by atoms with Gasteiger partial charge in [0.1, 0.15) is 0 Å². The first kappa shape index (κ1) is 16.8. The molecule has 0 saturated heterocycles. The van der Waals surface area contributed by atoms with Gasteiger partial charge in [0.25, 0.3) is 0 Å². The summed E-state index contributed by atoms with van der Waals surface area (Å²) in [5.74, 6) is 0.415. The van der Waals surface area contributed by atoms with Gasteiger partial charge < -0.3 is 15.7 Å². The zero-order chi connectivity index (χ0) is 15.9. The Morgan fingerprint density at radius 3 is 2.64 bits per heavy atom. The molecule has 0 bridgehead atoms. The first-order valence-corrected chi connectivity index (χ1v) is 8.34.